The molecular weight excluding hydrogens is 366 g/mol. The van der Waals surface area contributed by atoms with E-state index in [0.717, 1.165) is 0 Å². The van der Waals surface area contributed by atoms with Gasteiger partial charge in [0.25, 0.3) is 0 Å². The second-order valence-corrected chi connectivity index (χ2v) is 8.20. The Morgan fingerprint density at radius 3 is 2.56 bits per heavy atom. The number of nitrogens with two attached hydrogens (primary N) is 1. The molecule has 1 aliphatic rings. The largest absolute Gasteiger partial charge is 0.511 e. The highest BCUT2D eigenvalue weighted by atomic mass is 32.2. The molecule has 0 bridgehead atoms. The molecule has 2 aromatic carbocycles. The van der Waals surface area contributed by atoms with Crippen LogP contribution in [0.3, 0.4) is 0 Å². The van der Waals surface area contributed by atoms with Crippen molar-refractivity contribution in [3.05, 3.63) is 72.5 Å². The van der Waals surface area contributed by atoms with Crippen LogP contribution in [0, 0.1) is 5.41 Å². The number of benzene rings is 2. The van der Waals surface area contributed by atoms with Crippen molar-refractivity contribution < 1.29 is 18.3 Å². The molecule has 7 nitrogen and oxygen atoms in total. The molecule has 1 heterocycles. The fourth-order valence-electron chi connectivity index (χ4n) is 3.08. The van der Waals surface area contributed by atoms with E-state index in [2.05, 4.69) is 6.58 Å². The normalized spacial score (nSPS) is 20.3. The summed E-state index contributed by atoms with van der Waals surface area (Å²) < 4.78 is 33.0. The maximum Gasteiger partial charge on any atom is 0.243 e. The molecular formula is C19H21N3O4S. The van der Waals surface area contributed by atoms with E-state index in [-0.39, 0.29) is 29.5 Å². The standard InChI is InChI=1S/C19H21N3O4S/c1-13(23)18-11-16(26-15-7-5-6-14(10-15)19(20)21)12-22(18)27(24,25)17-8-3-2-4-9-17/h2-10,16,18,23H,1,11-12H2,(H3,20,21). The van der Waals surface area contributed by atoms with Crippen molar-refractivity contribution in [2.75, 3.05) is 6.54 Å². The first-order valence-electron chi connectivity index (χ1n) is 8.35. The minimum atomic E-state index is -3.80. The van der Waals surface area contributed by atoms with Crippen molar-refractivity contribution in [3.8, 4) is 5.75 Å². The van der Waals surface area contributed by atoms with Gasteiger partial charge >= 0.3 is 0 Å². The average molecular weight is 387 g/mol. The van der Waals surface area contributed by atoms with Gasteiger partial charge in [-0.3, -0.25) is 5.41 Å². The lowest BCUT2D eigenvalue weighted by molar-refractivity contribution is 0.214. The first-order chi connectivity index (χ1) is 12.8. The van der Waals surface area contributed by atoms with Gasteiger partial charge in [-0.05, 0) is 24.3 Å². The molecule has 142 valence electrons. The topological polar surface area (TPSA) is 117 Å². The molecule has 27 heavy (non-hydrogen) atoms. The molecule has 0 radical (unpaired) electrons. The van der Waals surface area contributed by atoms with Gasteiger partial charge in [0, 0.05) is 12.0 Å². The van der Waals surface area contributed by atoms with Gasteiger partial charge in [-0.15, -0.1) is 0 Å². The van der Waals surface area contributed by atoms with E-state index in [1.165, 1.54) is 16.4 Å². The Balaban J connectivity index is 1.84. The number of aliphatic hydroxyl groups excluding tert-OH is 1. The van der Waals surface area contributed by atoms with Gasteiger partial charge < -0.3 is 15.6 Å². The molecule has 0 saturated carbocycles. The van der Waals surface area contributed by atoms with Crippen LogP contribution in [0.25, 0.3) is 0 Å². The lowest BCUT2D eigenvalue weighted by Crippen LogP contribution is -2.37. The van der Waals surface area contributed by atoms with E-state index >= 15 is 0 Å². The molecule has 1 saturated heterocycles. The number of amidine groups is 1. The molecule has 8 heteroatoms. The van der Waals surface area contributed by atoms with Crippen LogP contribution < -0.4 is 10.5 Å². The summed E-state index contributed by atoms with van der Waals surface area (Å²) in [4.78, 5) is 0.149. The number of sulfonamides is 1. The lowest BCUT2D eigenvalue weighted by atomic mass is 10.1. The Hall–Kier alpha value is -2.84. The second-order valence-electron chi connectivity index (χ2n) is 6.31. The third kappa shape index (κ3) is 3.96. The molecule has 4 N–H and O–H groups in total. The number of ether oxygens (including phenoxy) is 1. The van der Waals surface area contributed by atoms with Crippen LogP contribution in [-0.4, -0.2) is 42.4 Å². The SMILES string of the molecule is C=C(O)C1CC(Oc2cccc(C(=N)N)c2)CN1S(=O)(=O)c1ccccc1. The molecule has 0 spiro atoms. The summed E-state index contributed by atoms with van der Waals surface area (Å²) in [6.07, 6.45) is -0.203. The zero-order valence-corrected chi connectivity index (χ0v) is 15.4. The summed E-state index contributed by atoms with van der Waals surface area (Å²) in [5.74, 6) is 0.175. The highest BCUT2D eigenvalue weighted by molar-refractivity contribution is 7.89. The summed E-state index contributed by atoms with van der Waals surface area (Å²) in [5, 5.41) is 17.4. The maximum absolute atomic E-state index is 13.0. The van der Waals surface area contributed by atoms with Gasteiger partial charge in [-0.25, -0.2) is 8.42 Å². The second kappa shape index (κ2) is 7.42. The zero-order chi connectivity index (χ0) is 19.6. The van der Waals surface area contributed by atoms with Gasteiger partial charge in [0.2, 0.25) is 10.0 Å². The predicted octanol–water partition coefficient (Wildman–Crippen LogP) is 2.25. The number of hydrogen-bond donors (Lipinski definition) is 3. The van der Waals surface area contributed by atoms with Crippen LogP contribution in [0.4, 0.5) is 0 Å². The zero-order valence-electron chi connectivity index (χ0n) is 14.6. The number of rotatable bonds is 6. The Morgan fingerprint density at radius 2 is 1.93 bits per heavy atom. The summed E-state index contributed by atoms with van der Waals surface area (Å²) in [6.45, 7) is 3.60. The Labute approximate surface area is 158 Å². The first kappa shape index (κ1) is 18.9. The summed E-state index contributed by atoms with van der Waals surface area (Å²) in [7, 11) is -3.80. The number of nitrogens with one attached hydrogen (secondary N) is 1. The molecule has 2 atom stereocenters. The third-order valence-electron chi connectivity index (χ3n) is 4.40. The fraction of sp³-hybridized carbons (Fsp3) is 0.211. The van der Waals surface area contributed by atoms with Crippen LogP contribution in [0.2, 0.25) is 0 Å². The summed E-state index contributed by atoms with van der Waals surface area (Å²) in [5.41, 5.74) is 6.01. The number of nitrogens with zero attached hydrogens (tertiary/aromatic N) is 1. The fourth-order valence-corrected chi connectivity index (χ4v) is 4.76. The van der Waals surface area contributed by atoms with Crippen molar-refractivity contribution in [3.63, 3.8) is 0 Å². The van der Waals surface area contributed by atoms with Crippen LogP contribution in [0.5, 0.6) is 5.75 Å². The minimum Gasteiger partial charge on any atom is -0.511 e. The molecule has 0 aliphatic carbocycles. The number of aliphatic hydroxyl groups is 1. The number of hydrogen-bond acceptors (Lipinski definition) is 5. The van der Waals surface area contributed by atoms with Gasteiger partial charge in [-0.1, -0.05) is 36.9 Å². The van der Waals surface area contributed by atoms with E-state index < -0.39 is 22.2 Å². The van der Waals surface area contributed by atoms with Crippen molar-refractivity contribution >= 4 is 15.9 Å². The van der Waals surface area contributed by atoms with E-state index in [9.17, 15) is 13.5 Å². The summed E-state index contributed by atoms with van der Waals surface area (Å²) in [6, 6.07) is 14.0. The van der Waals surface area contributed by atoms with Crippen molar-refractivity contribution in [1.82, 2.24) is 4.31 Å². The maximum atomic E-state index is 13.0. The third-order valence-corrected chi connectivity index (χ3v) is 6.29. The van der Waals surface area contributed by atoms with Crippen LogP contribution in [0.1, 0.15) is 12.0 Å². The van der Waals surface area contributed by atoms with Gasteiger partial charge in [0.1, 0.15) is 23.4 Å². The quantitative estimate of drug-likeness (QED) is 0.399. The lowest BCUT2D eigenvalue weighted by Gasteiger charge is -2.22. The van der Waals surface area contributed by atoms with Crippen molar-refractivity contribution in [2.24, 2.45) is 5.73 Å². The monoisotopic (exact) mass is 387 g/mol. The molecule has 3 rings (SSSR count). The van der Waals surface area contributed by atoms with Gasteiger partial charge in [-0.2, -0.15) is 4.31 Å². The predicted molar refractivity (Wildman–Crippen MR) is 102 cm³/mol. The van der Waals surface area contributed by atoms with Gasteiger partial charge in [0.05, 0.1) is 17.5 Å². The van der Waals surface area contributed by atoms with Crippen LogP contribution in [0.15, 0.2) is 71.8 Å². The Morgan fingerprint density at radius 1 is 1.22 bits per heavy atom. The molecule has 2 aromatic rings. The van der Waals surface area contributed by atoms with E-state index in [1.54, 1.807) is 42.5 Å². The highest BCUT2D eigenvalue weighted by Crippen LogP contribution is 2.31. The van der Waals surface area contributed by atoms with E-state index in [4.69, 9.17) is 15.9 Å². The average Bonchev–Trinajstić information content (AvgIpc) is 3.07. The molecule has 2 unspecified atom stereocenters. The van der Waals surface area contributed by atoms with Crippen molar-refractivity contribution in [2.45, 2.75) is 23.5 Å². The van der Waals surface area contributed by atoms with Crippen molar-refractivity contribution in [1.29, 1.82) is 5.41 Å². The van der Waals surface area contributed by atoms with Crippen LogP contribution in [-0.2, 0) is 10.0 Å². The smallest absolute Gasteiger partial charge is 0.243 e. The van der Waals surface area contributed by atoms with E-state index in [0.29, 0.717) is 11.3 Å². The molecule has 1 fully saturated rings. The highest BCUT2D eigenvalue weighted by Gasteiger charge is 2.42. The van der Waals surface area contributed by atoms with E-state index in [1.807, 2.05) is 0 Å². The number of nitrogen functional groups attached to an aromatic ring is 1. The molecule has 1 aliphatic heterocycles. The van der Waals surface area contributed by atoms with Gasteiger partial charge in [0.15, 0.2) is 0 Å². The van der Waals surface area contributed by atoms with Crippen LogP contribution >= 0.6 is 0 Å². The summed E-state index contributed by atoms with van der Waals surface area (Å²) >= 11 is 0. The molecule has 0 aromatic heterocycles. The molecule has 0 amide bonds. The first-order valence-corrected chi connectivity index (χ1v) is 9.79. The Bertz CT molecular complexity index is 960. The Kier molecular flexibility index (Phi) is 5.20. The minimum absolute atomic E-state index is 0.0752.